The molecule has 0 spiro atoms. The third kappa shape index (κ3) is 4.41. The van der Waals surface area contributed by atoms with Gasteiger partial charge in [-0.1, -0.05) is 23.8 Å². The van der Waals surface area contributed by atoms with E-state index in [-0.39, 0.29) is 10.9 Å². The largest absolute Gasteiger partial charge is 0.323 e. The van der Waals surface area contributed by atoms with Gasteiger partial charge in [-0.15, -0.1) is 0 Å². The monoisotopic (exact) mass is 435 g/mol. The summed E-state index contributed by atoms with van der Waals surface area (Å²) >= 11 is 0. The number of carbonyl (C=O) groups excluding carboxylic acids is 1. The number of anilines is 3. The summed E-state index contributed by atoms with van der Waals surface area (Å²) in [4.78, 5) is 12.7. The Hall–Kier alpha value is -3.32. The predicted molar refractivity (Wildman–Crippen MR) is 124 cm³/mol. The van der Waals surface area contributed by atoms with Crippen LogP contribution in [0, 0.1) is 20.8 Å². The molecule has 0 atom stereocenters. The molecule has 1 aliphatic rings. The molecule has 1 heterocycles. The minimum atomic E-state index is -3.62. The molecule has 160 valence electrons. The maximum Gasteiger partial charge on any atom is 0.323 e. The lowest BCUT2D eigenvalue weighted by molar-refractivity contribution is 0.262. The van der Waals surface area contributed by atoms with Gasteiger partial charge in [-0.05, 0) is 86.3 Å². The SMILES string of the molecule is Cc1ccc(S(=O)(=O)N2CCc3cc(NC(=O)Nc4cc(C)cc(C)c4)ccc32)cc1. The van der Waals surface area contributed by atoms with Crippen molar-refractivity contribution in [1.82, 2.24) is 0 Å². The number of fused-ring (bicyclic) bond motifs is 1. The second-order valence-corrected chi connectivity index (χ2v) is 9.80. The lowest BCUT2D eigenvalue weighted by Gasteiger charge is -2.20. The molecule has 0 aromatic heterocycles. The van der Waals surface area contributed by atoms with E-state index >= 15 is 0 Å². The van der Waals surface area contributed by atoms with Crippen LogP contribution in [0.15, 0.2) is 65.6 Å². The van der Waals surface area contributed by atoms with Gasteiger partial charge in [-0.25, -0.2) is 13.2 Å². The topological polar surface area (TPSA) is 78.5 Å². The number of amides is 2. The van der Waals surface area contributed by atoms with Gasteiger partial charge in [0.1, 0.15) is 0 Å². The van der Waals surface area contributed by atoms with E-state index in [1.807, 2.05) is 45.0 Å². The highest BCUT2D eigenvalue weighted by Gasteiger charge is 2.31. The molecule has 0 fully saturated rings. The number of aryl methyl sites for hydroxylation is 3. The molecular formula is C24H25N3O3S. The van der Waals surface area contributed by atoms with Crippen molar-refractivity contribution < 1.29 is 13.2 Å². The summed E-state index contributed by atoms with van der Waals surface area (Å²) in [5, 5.41) is 5.68. The maximum absolute atomic E-state index is 13.1. The van der Waals surface area contributed by atoms with Gasteiger partial charge < -0.3 is 10.6 Å². The van der Waals surface area contributed by atoms with E-state index in [1.165, 1.54) is 4.31 Å². The number of carbonyl (C=O) groups is 1. The van der Waals surface area contributed by atoms with Gasteiger partial charge in [0.25, 0.3) is 10.0 Å². The van der Waals surface area contributed by atoms with E-state index in [4.69, 9.17) is 0 Å². The number of nitrogens with zero attached hydrogens (tertiary/aromatic N) is 1. The average Bonchev–Trinajstić information content (AvgIpc) is 3.11. The first-order chi connectivity index (χ1) is 14.7. The van der Waals surface area contributed by atoms with Crippen molar-refractivity contribution in [2.45, 2.75) is 32.1 Å². The first-order valence-corrected chi connectivity index (χ1v) is 11.5. The van der Waals surface area contributed by atoms with Gasteiger partial charge in [-0.3, -0.25) is 4.31 Å². The standard InChI is InChI=1S/C24H25N3O3S/c1-16-4-7-22(8-5-16)31(29,30)27-11-10-19-15-20(6-9-23(19)27)25-24(28)26-21-13-17(2)12-18(3)14-21/h4-9,12-15H,10-11H2,1-3H3,(H2,25,26,28). The van der Waals surface area contributed by atoms with Crippen molar-refractivity contribution in [2.75, 3.05) is 21.5 Å². The minimum absolute atomic E-state index is 0.279. The first kappa shape index (κ1) is 20.9. The zero-order valence-corrected chi connectivity index (χ0v) is 18.6. The molecule has 4 rings (SSSR count). The average molecular weight is 436 g/mol. The summed E-state index contributed by atoms with van der Waals surface area (Å²) in [6.07, 6.45) is 0.592. The molecule has 0 radical (unpaired) electrons. The Labute approximate surface area is 183 Å². The Kier molecular flexibility index (Phi) is 5.45. The van der Waals surface area contributed by atoms with Crippen LogP contribution >= 0.6 is 0 Å². The summed E-state index contributed by atoms with van der Waals surface area (Å²) in [7, 11) is -3.62. The molecule has 0 saturated carbocycles. The molecule has 6 nitrogen and oxygen atoms in total. The van der Waals surface area contributed by atoms with Gasteiger partial charge in [0.2, 0.25) is 0 Å². The number of hydrogen-bond acceptors (Lipinski definition) is 3. The smallest absolute Gasteiger partial charge is 0.308 e. The van der Waals surface area contributed by atoms with E-state index in [2.05, 4.69) is 10.6 Å². The number of benzene rings is 3. The second-order valence-electron chi connectivity index (χ2n) is 7.94. The summed E-state index contributed by atoms with van der Waals surface area (Å²) in [5.74, 6) is 0. The van der Waals surface area contributed by atoms with Crippen LogP contribution in [-0.2, 0) is 16.4 Å². The Morgan fingerprint density at radius 3 is 2.13 bits per heavy atom. The van der Waals surface area contributed by atoms with Crippen LogP contribution in [0.1, 0.15) is 22.3 Å². The fourth-order valence-electron chi connectivity index (χ4n) is 3.88. The third-order valence-corrected chi connectivity index (χ3v) is 7.11. The van der Waals surface area contributed by atoms with Gasteiger partial charge in [0, 0.05) is 17.9 Å². The molecule has 2 amide bonds. The van der Waals surface area contributed by atoms with E-state index in [0.29, 0.717) is 24.3 Å². The lowest BCUT2D eigenvalue weighted by atomic mass is 10.1. The van der Waals surface area contributed by atoms with Crippen molar-refractivity contribution in [3.8, 4) is 0 Å². The molecule has 31 heavy (non-hydrogen) atoms. The van der Waals surface area contributed by atoms with Crippen LogP contribution in [0.2, 0.25) is 0 Å². The van der Waals surface area contributed by atoms with Crippen molar-refractivity contribution >= 4 is 33.1 Å². The number of urea groups is 1. The highest BCUT2D eigenvalue weighted by molar-refractivity contribution is 7.92. The second kappa shape index (κ2) is 8.07. The van der Waals surface area contributed by atoms with Crippen molar-refractivity contribution in [2.24, 2.45) is 0 Å². The van der Waals surface area contributed by atoms with Crippen LogP contribution in [0.3, 0.4) is 0 Å². The van der Waals surface area contributed by atoms with E-state index in [1.54, 1.807) is 36.4 Å². The highest BCUT2D eigenvalue weighted by atomic mass is 32.2. The predicted octanol–water partition coefficient (Wildman–Crippen LogP) is 5.01. The zero-order chi connectivity index (χ0) is 22.2. The molecule has 0 bridgehead atoms. The third-order valence-electron chi connectivity index (χ3n) is 5.28. The molecule has 0 aliphatic carbocycles. The quantitative estimate of drug-likeness (QED) is 0.605. The van der Waals surface area contributed by atoms with Crippen LogP contribution < -0.4 is 14.9 Å². The molecule has 0 unspecified atom stereocenters. The number of hydrogen-bond donors (Lipinski definition) is 2. The first-order valence-electron chi connectivity index (χ1n) is 10.1. The highest BCUT2D eigenvalue weighted by Crippen LogP contribution is 2.34. The van der Waals surface area contributed by atoms with Crippen molar-refractivity contribution in [3.05, 3.63) is 82.9 Å². The maximum atomic E-state index is 13.1. The van der Waals surface area contributed by atoms with E-state index in [0.717, 1.165) is 27.9 Å². The van der Waals surface area contributed by atoms with Gasteiger partial charge >= 0.3 is 6.03 Å². The Balaban J connectivity index is 1.50. The summed E-state index contributed by atoms with van der Waals surface area (Å²) in [6.45, 7) is 6.26. The Morgan fingerprint density at radius 1 is 0.806 bits per heavy atom. The molecule has 7 heteroatoms. The van der Waals surface area contributed by atoms with Crippen LogP contribution in [0.5, 0.6) is 0 Å². The van der Waals surface area contributed by atoms with E-state index in [9.17, 15) is 13.2 Å². The molecule has 3 aromatic carbocycles. The molecule has 0 saturated heterocycles. The normalized spacial score (nSPS) is 13.1. The molecular weight excluding hydrogens is 410 g/mol. The Bertz CT molecular complexity index is 1230. The van der Waals surface area contributed by atoms with Crippen LogP contribution in [0.25, 0.3) is 0 Å². The minimum Gasteiger partial charge on any atom is -0.308 e. The molecule has 3 aromatic rings. The Morgan fingerprint density at radius 2 is 1.45 bits per heavy atom. The summed E-state index contributed by atoms with van der Waals surface area (Å²) in [5.41, 5.74) is 6.04. The lowest BCUT2D eigenvalue weighted by Crippen LogP contribution is -2.29. The zero-order valence-electron chi connectivity index (χ0n) is 17.8. The van der Waals surface area contributed by atoms with Crippen molar-refractivity contribution in [1.29, 1.82) is 0 Å². The van der Waals surface area contributed by atoms with Gasteiger partial charge in [-0.2, -0.15) is 0 Å². The summed E-state index contributed by atoms with van der Waals surface area (Å²) < 4.78 is 27.6. The van der Waals surface area contributed by atoms with Gasteiger partial charge in [0.05, 0.1) is 10.6 Å². The summed E-state index contributed by atoms with van der Waals surface area (Å²) in [6, 6.07) is 17.7. The fourth-order valence-corrected chi connectivity index (χ4v) is 5.38. The fraction of sp³-hybridized carbons (Fsp3) is 0.208. The number of rotatable bonds is 4. The molecule has 1 aliphatic heterocycles. The van der Waals surface area contributed by atoms with Crippen LogP contribution in [-0.4, -0.2) is 21.0 Å². The van der Waals surface area contributed by atoms with E-state index < -0.39 is 10.0 Å². The van der Waals surface area contributed by atoms with Gasteiger partial charge in [0.15, 0.2) is 0 Å². The number of sulfonamides is 1. The van der Waals surface area contributed by atoms with Crippen molar-refractivity contribution in [3.63, 3.8) is 0 Å². The number of nitrogens with one attached hydrogen (secondary N) is 2. The van der Waals surface area contributed by atoms with Crippen LogP contribution in [0.4, 0.5) is 21.9 Å². The molecule has 2 N–H and O–H groups in total.